The maximum Gasteiger partial charge on any atom is 0.0640 e. The number of hydrogen-bond acceptors (Lipinski definition) is 2. The molecule has 2 atom stereocenters. The van der Waals surface area contributed by atoms with Crippen molar-refractivity contribution in [1.82, 2.24) is 10.2 Å². The summed E-state index contributed by atoms with van der Waals surface area (Å²) in [6, 6.07) is 6.34. The molecule has 0 spiro atoms. The van der Waals surface area contributed by atoms with Gasteiger partial charge in [-0.05, 0) is 17.5 Å². The Morgan fingerprint density at radius 1 is 1.19 bits per heavy atom. The van der Waals surface area contributed by atoms with Crippen molar-refractivity contribution in [3.05, 3.63) is 33.8 Å². The maximum atomic E-state index is 6.43. The van der Waals surface area contributed by atoms with Crippen molar-refractivity contribution in [3.8, 4) is 0 Å². The number of nitrogens with one attached hydrogen (secondary N) is 1. The Labute approximate surface area is 150 Å². The molecule has 1 N–H and O–H groups in total. The van der Waals surface area contributed by atoms with Gasteiger partial charge in [0, 0.05) is 32.2 Å². The molecule has 2 rings (SSSR count). The van der Waals surface area contributed by atoms with E-state index in [1.165, 1.54) is 5.56 Å². The highest BCUT2D eigenvalue weighted by atomic mass is 35.5. The van der Waals surface area contributed by atoms with Gasteiger partial charge in [0.2, 0.25) is 0 Å². The first-order valence-electron chi connectivity index (χ1n) is 7.03. The summed E-state index contributed by atoms with van der Waals surface area (Å²) in [5, 5.41) is 4.77. The Morgan fingerprint density at radius 2 is 1.81 bits per heavy atom. The molecule has 0 aromatic heterocycles. The Balaban J connectivity index is 0.00000200. The zero-order chi connectivity index (χ0) is 13.8. The molecule has 1 unspecified atom stereocenters. The molecule has 1 aromatic rings. The van der Waals surface area contributed by atoms with Gasteiger partial charge in [0.1, 0.15) is 0 Å². The van der Waals surface area contributed by atoms with Crippen LogP contribution in [0.15, 0.2) is 18.2 Å². The van der Waals surface area contributed by atoms with Crippen LogP contribution >= 0.6 is 48.0 Å². The van der Waals surface area contributed by atoms with E-state index in [-0.39, 0.29) is 24.8 Å². The molecule has 2 nitrogen and oxygen atoms in total. The van der Waals surface area contributed by atoms with E-state index >= 15 is 0 Å². The third-order valence-corrected chi connectivity index (χ3v) is 4.86. The number of piperazine rings is 1. The highest BCUT2D eigenvalue weighted by molar-refractivity contribution is 6.42. The molecule has 1 heterocycles. The van der Waals surface area contributed by atoms with Crippen molar-refractivity contribution >= 4 is 48.0 Å². The van der Waals surface area contributed by atoms with Crippen molar-refractivity contribution < 1.29 is 0 Å². The molecule has 0 saturated carbocycles. The second-order valence-corrected chi connectivity index (χ2v) is 6.04. The van der Waals surface area contributed by atoms with E-state index in [2.05, 4.69) is 30.1 Å². The minimum atomic E-state index is 0. The van der Waals surface area contributed by atoms with Crippen molar-refractivity contribution in [2.75, 3.05) is 26.2 Å². The van der Waals surface area contributed by atoms with Crippen LogP contribution in [0.1, 0.15) is 31.9 Å². The third kappa shape index (κ3) is 5.16. The summed E-state index contributed by atoms with van der Waals surface area (Å²) in [6.07, 6.45) is 1.14. The molecule has 0 bridgehead atoms. The predicted molar refractivity (Wildman–Crippen MR) is 97.6 cm³/mol. The Bertz CT molecular complexity index is 422. The smallest absolute Gasteiger partial charge is 0.0640 e. The van der Waals surface area contributed by atoms with Gasteiger partial charge in [0.15, 0.2) is 0 Å². The summed E-state index contributed by atoms with van der Waals surface area (Å²) in [6.45, 7) is 8.76. The number of halogens is 4. The van der Waals surface area contributed by atoms with Crippen molar-refractivity contribution in [1.29, 1.82) is 0 Å². The minimum Gasteiger partial charge on any atom is -0.314 e. The monoisotopic (exact) mass is 372 g/mol. The maximum absolute atomic E-state index is 6.43. The van der Waals surface area contributed by atoms with Crippen LogP contribution in [0.5, 0.6) is 0 Å². The van der Waals surface area contributed by atoms with Gasteiger partial charge in [0.05, 0.1) is 10.0 Å². The van der Waals surface area contributed by atoms with Gasteiger partial charge in [-0.2, -0.15) is 0 Å². The second-order valence-electron chi connectivity index (χ2n) is 5.26. The molecule has 1 fully saturated rings. The van der Waals surface area contributed by atoms with E-state index in [4.69, 9.17) is 23.2 Å². The van der Waals surface area contributed by atoms with Gasteiger partial charge in [-0.1, -0.05) is 55.6 Å². The molecule has 1 aromatic carbocycles. The third-order valence-electron chi connectivity index (χ3n) is 4.03. The summed E-state index contributed by atoms with van der Waals surface area (Å²) in [5.74, 6) is 0.564. The van der Waals surface area contributed by atoms with Gasteiger partial charge in [-0.15, -0.1) is 24.8 Å². The average molecular weight is 374 g/mol. The Morgan fingerprint density at radius 3 is 2.38 bits per heavy atom. The zero-order valence-electron chi connectivity index (χ0n) is 12.4. The van der Waals surface area contributed by atoms with Crippen LogP contribution in [0, 0.1) is 5.92 Å². The largest absolute Gasteiger partial charge is 0.314 e. The molecule has 0 aliphatic carbocycles. The van der Waals surface area contributed by atoms with E-state index in [1.807, 2.05) is 12.1 Å². The SMILES string of the molecule is CCC(C)[C@H](c1cccc(Cl)c1Cl)N1CCNCC1.Cl.Cl. The standard InChI is InChI=1S/C15H22Cl2N2.2ClH/c1-3-11(2)15(19-9-7-18-8-10-19)12-5-4-6-13(16)14(12)17;;/h4-6,11,15,18H,3,7-10H2,1-2H3;2*1H/t11?,15-;;/m1../s1. The lowest BCUT2D eigenvalue weighted by Gasteiger charge is -2.39. The number of benzene rings is 1. The van der Waals surface area contributed by atoms with E-state index < -0.39 is 0 Å². The minimum absolute atomic E-state index is 0. The molecular weight excluding hydrogens is 350 g/mol. The fourth-order valence-corrected chi connectivity index (χ4v) is 3.22. The molecule has 0 radical (unpaired) electrons. The van der Waals surface area contributed by atoms with Crippen molar-refractivity contribution in [2.45, 2.75) is 26.3 Å². The summed E-state index contributed by atoms with van der Waals surface area (Å²) in [4.78, 5) is 2.53. The summed E-state index contributed by atoms with van der Waals surface area (Å²) in [5.41, 5.74) is 1.17. The predicted octanol–water partition coefficient (Wildman–Crippen LogP) is 4.83. The van der Waals surface area contributed by atoms with Crippen LogP contribution in [0.2, 0.25) is 10.0 Å². The molecule has 6 heteroatoms. The van der Waals surface area contributed by atoms with Gasteiger partial charge in [-0.3, -0.25) is 4.90 Å². The average Bonchev–Trinajstić information content (AvgIpc) is 2.44. The van der Waals surface area contributed by atoms with Crippen LogP contribution < -0.4 is 5.32 Å². The molecule has 122 valence electrons. The van der Waals surface area contributed by atoms with E-state index in [0.717, 1.165) is 32.6 Å². The fourth-order valence-electron chi connectivity index (χ4n) is 2.80. The van der Waals surface area contributed by atoms with Gasteiger partial charge in [-0.25, -0.2) is 0 Å². The van der Waals surface area contributed by atoms with Gasteiger partial charge in [0.25, 0.3) is 0 Å². The number of hydrogen-bond donors (Lipinski definition) is 1. The number of rotatable bonds is 4. The fraction of sp³-hybridized carbons (Fsp3) is 0.600. The van der Waals surface area contributed by atoms with Crippen molar-refractivity contribution in [3.63, 3.8) is 0 Å². The van der Waals surface area contributed by atoms with Gasteiger partial charge < -0.3 is 5.32 Å². The molecule has 1 saturated heterocycles. The topological polar surface area (TPSA) is 15.3 Å². The summed E-state index contributed by atoms with van der Waals surface area (Å²) < 4.78 is 0. The lowest BCUT2D eigenvalue weighted by molar-refractivity contribution is 0.128. The first-order valence-corrected chi connectivity index (χ1v) is 7.79. The lowest BCUT2D eigenvalue weighted by atomic mass is 9.90. The first-order chi connectivity index (χ1) is 9.15. The highest BCUT2D eigenvalue weighted by Crippen LogP contribution is 2.37. The molecular formula is C15H24Cl4N2. The summed E-state index contributed by atoms with van der Waals surface area (Å²) in [7, 11) is 0. The first kappa shape index (κ1) is 21.3. The highest BCUT2D eigenvalue weighted by Gasteiger charge is 2.28. The quantitative estimate of drug-likeness (QED) is 0.812. The lowest BCUT2D eigenvalue weighted by Crippen LogP contribution is -2.46. The van der Waals surface area contributed by atoms with E-state index in [1.54, 1.807) is 0 Å². The van der Waals surface area contributed by atoms with Crippen LogP contribution in [-0.4, -0.2) is 31.1 Å². The normalized spacial score (nSPS) is 18.3. The Hall–Kier alpha value is 0.300. The van der Waals surface area contributed by atoms with Gasteiger partial charge >= 0.3 is 0 Å². The van der Waals surface area contributed by atoms with E-state index in [9.17, 15) is 0 Å². The molecule has 1 aliphatic heterocycles. The van der Waals surface area contributed by atoms with Crippen LogP contribution in [0.3, 0.4) is 0 Å². The molecule has 1 aliphatic rings. The molecule has 21 heavy (non-hydrogen) atoms. The van der Waals surface area contributed by atoms with Crippen LogP contribution in [0.25, 0.3) is 0 Å². The zero-order valence-corrected chi connectivity index (χ0v) is 15.6. The van der Waals surface area contributed by atoms with E-state index in [0.29, 0.717) is 22.0 Å². The number of nitrogens with zero attached hydrogens (tertiary/aromatic N) is 1. The Kier molecular flexibility index (Phi) is 10.3. The summed E-state index contributed by atoms with van der Waals surface area (Å²) >= 11 is 12.6. The van der Waals surface area contributed by atoms with Crippen LogP contribution in [-0.2, 0) is 0 Å². The van der Waals surface area contributed by atoms with Crippen molar-refractivity contribution in [2.24, 2.45) is 5.92 Å². The second kappa shape index (κ2) is 10.1. The van der Waals surface area contributed by atoms with Crippen LogP contribution in [0.4, 0.5) is 0 Å². The molecule has 0 amide bonds.